The number of nitrogens with zero attached hydrogens (tertiary/aromatic N) is 1. The number of phosphoric acid groups is 1. The highest BCUT2D eigenvalue weighted by atomic mass is 31.2. The highest BCUT2D eigenvalue weighted by molar-refractivity contribution is 7.45. The number of benzene rings is 1. The number of quaternary nitrogens is 1. The fourth-order valence-electron chi connectivity index (χ4n) is 1.57. The molecule has 22 heavy (non-hydrogen) atoms. The summed E-state index contributed by atoms with van der Waals surface area (Å²) in [5, 5.41) is 0. The number of hydrogen-bond donors (Lipinski definition) is 0. The smallest absolute Gasteiger partial charge is 0.268 e. The third-order valence-corrected chi connectivity index (χ3v) is 3.80. The van der Waals surface area contributed by atoms with Crippen molar-refractivity contribution in [2.45, 2.75) is 13.0 Å². The van der Waals surface area contributed by atoms with Crippen LogP contribution in [0.2, 0.25) is 0 Å². The molecular weight excluding hydrogens is 305 g/mol. The molecule has 0 heterocycles. The van der Waals surface area contributed by atoms with Crippen molar-refractivity contribution in [3.05, 3.63) is 35.9 Å². The van der Waals surface area contributed by atoms with Gasteiger partial charge in [0.15, 0.2) is 0 Å². The maximum Gasteiger partial charge on any atom is 0.268 e. The molecule has 1 aromatic rings. The highest BCUT2D eigenvalue weighted by Gasteiger charge is 2.12. The normalized spacial score (nSPS) is 14.7. The standard InChI is InChI=1S/C15H26NO5P/c1-16(2,3)10-13-21-22(17,18)20-12-7-11-19-14-15-8-5-4-6-9-15/h4-6,8-9H,7,10-14H2,1-3H3. The van der Waals surface area contributed by atoms with E-state index in [0.29, 0.717) is 30.7 Å². The lowest BCUT2D eigenvalue weighted by atomic mass is 10.2. The molecule has 1 atom stereocenters. The van der Waals surface area contributed by atoms with Crippen LogP contribution in [0.25, 0.3) is 0 Å². The average Bonchev–Trinajstić information content (AvgIpc) is 2.42. The molecule has 0 aromatic heterocycles. The molecule has 1 rings (SSSR count). The number of hydrogen-bond acceptors (Lipinski definition) is 5. The van der Waals surface area contributed by atoms with Gasteiger partial charge >= 0.3 is 0 Å². The first kappa shape index (κ1) is 19.3. The van der Waals surface area contributed by atoms with Crippen LogP contribution in [0.5, 0.6) is 0 Å². The van der Waals surface area contributed by atoms with Crippen molar-refractivity contribution in [3.63, 3.8) is 0 Å². The van der Waals surface area contributed by atoms with Gasteiger partial charge in [-0.3, -0.25) is 4.57 Å². The average molecular weight is 331 g/mol. The fraction of sp³-hybridized carbons (Fsp3) is 0.600. The van der Waals surface area contributed by atoms with Gasteiger partial charge in [-0.25, -0.2) is 0 Å². The number of likely N-dealkylation sites (N-methyl/N-ethyl adjacent to an activating group) is 1. The van der Waals surface area contributed by atoms with E-state index >= 15 is 0 Å². The van der Waals surface area contributed by atoms with Crippen molar-refractivity contribution >= 4 is 7.82 Å². The van der Waals surface area contributed by atoms with Gasteiger partial charge in [-0.05, 0) is 12.0 Å². The van der Waals surface area contributed by atoms with Crippen LogP contribution < -0.4 is 4.89 Å². The van der Waals surface area contributed by atoms with Gasteiger partial charge in [0, 0.05) is 6.61 Å². The van der Waals surface area contributed by atoms with E-state index in [4.69, 9.17) is 13.8 Å². The molecule has 1 aromatic carbocycles. The van der Waals surface area contributed by atoms with Crippen molar-refractivity contribution in [1.29, 1.82) is 0 Å². The van der Waals surface area contributed by atoms with Crippen LogP contribution in [0.1, 0.15) is 12.0 Å². The minimum Gasteiger partial charge on any atom is -0.756 e. The minimum absolute atomic E-state index is 0.0694. The van der Waals surface area contributed by atoms with Gasteiger partial charge in [0.25, 0.3) is 7.82 Å². The van der Waals surface area contributed by atoms with Crippen LogP contribution in [0.4, 0.5) is 0 Å². The first-order chi connectivity index (χ1) is 10.3. The Morgan fingerprint density at radius 3 is 2.32 bits per heavy atom. The summed E-state index contributed by atoms with van der Waals surface area (Å²) in [6.07, 6.45) is 0.498. The van der Waals surface area contributed by atoms with Crippen LogP contribution in [0, 0.1) is 0 Å². The van der Waals surface area contributed by atoms with E-state index in [-0.39, 0.29) is 13.2 Å². The van der Waals surface area contributed by atoms with Crippen molar-refractivity contribution in [3.8, 4) is 0 Å². The van der Waals surface area contributed by atoms with E-state index in [1.54, 1.807) is 0 Å². The third kappa shape index (κ3) is 10.1. The molecule has 0 saturated heterocycles. The second kappa shape index (κ2) is 9.40. The highest BCUT2D eigenvalue weighted by Crippen LogP contribution is 2.38. The predicted molar refractivity (Wildman–Crippen MR) is 83.1 cm³/mol. The van der Waals surface area contributed by atoms with Gasteiger partial charge in [0.1, 0.15) is 13.2 Å². The summed E-state index contributed by atoms with van der Waals surface area (Å²) in [5.74, 6) is 0. The van der Waals surface area contributed by atoms with Gasteiger partial charge in [0.05, 0.1) is 34.4 Å². The monoisotopic (exact) mass is 331 g/mol. The molecule has 0 fully saturated rings. The molecule has 0 radical (unpaired) electrons. The first-order valence-corrected chi connectivity index (χ1v) is 8.77. The lowest BCUT2D eigenvalue weighted by Crippen LogP contribution is -2.37. The quantitative estimate of drug-likeness (QED) is 0.351. The molecule has 0 N–H and O–H groups in total. The van der Waals surface area contributed by atoms with E-state index in [9.17, 15) is 9.46 Å². The summed E-state index contributed by atoms with van der Waals surface area (Å²) < 4.78 is 27.2. The Balaban J connectivity index is 2.06. The van der Waals surface area contributed by atoms with E-state index < -0.39 is 7.82 Å². The van der Waals surface area contributed by atoms with Crippen LogP contribution in [0.3, 0.4) is 0 Å². The van der Waals surface area contributed by atoms with E-state index in [1.807, 2.05) is 51.5 Å². The molecule has 7 heteroatoms. The Labute approximate surface area is 132 Å². The van der Waals surface area contributed by atoms with Gasteiger partial charge in [0.2, 0.25) is 0 Å². The lowest BCUT2D eigenvalue weighted by molar-refractivity contribution is -0.870. The van der Waals surface area contributed by atoms with Crippen molar-refractivity contribution < 1.29 is 27.7 Å². The second-order valence-corrected chi connectivity index (χ2v) is 7.43. The molecule has 1 unspecified atom stereocenters. The Hall–Kier alpha value is -0.750. The zero-order valence-electron chi connectivity index (χ0n) is 13.6. The summed E-state index contributed by atoms with van der Waals surface area (Å²) in [5.41, 5.74) is 1.08. The van der Waals surface area contributed by atoms with Crippen LogP contribution in [-0.2, 0) is 25.0 Å². The molecule has 0 aliphatic heterocycles. The second-order valence-electron chi connectivity index (χ2n) is 6.02. The van der Waals surface area contributed by atoms with E-state index in [0.717, 1.165) is 5.56 Å². The van der Waals surface area contributed by atoms with Gasteiger partial charge < -0.3 is 23.2 Å². The van der Waals surface area contributed by atoms with Gasteiger partial charge in [-0.2, -0.15) is 0 Å². The number of phosphoric ester groups is 1. The molecule has 0 amide bonds. The van der Waals surface area contributed by atoms with Crippen LogP contribution in [0.15, 0.2) is 30.3 Å². The summed E-state index contributed by atoms with van der Waals surface area (Å²) >= 11 is 0. The number of ether oxygens (including phenoxy) is 1. The van der Waals surface area contributed by atoms with Crippen molar-refractivity contribution in [2.75, 3.05) is 47.5 Å². The lowest BCUT2D eigenvalue weighted by Gasteiger charge is -2.27. The summed E-state index contributed by atoms with van der Waals surface area (Å²) in [6.45, 7) is 1.73. The minimum atomic E-state index is -4.20. The Bertz CT molecular complexity index is 461. The van der Waals surface area contributed by atoms with Crippen LogP contribution in [-0.4, -0.2) is 52.0 Å². The van der Waals surface area contributed by atoms with Gasteiger partial charge in [-0.15, -0.1) is 0 Å². The first-order valence-electron chi connectivity index (χ1n) is 7.31. The maximum atomic E-state index is 11.5. The zero-order valence-corrected chi connectivity index (χ0v) is 14.5. The summed E-state index contributed by atoms with van der Waals surface area (Å²) in [7, 11) is 1.69. The molecule has 6 nitrogen and oxygen atoms in total. The molecule has 126 valence electrons. The predicted octanol–water partition coefficient (Wildman–Crippen LogP) is 1.80. The molecule has 0 saturated carbocycles. The molecule has 0 aliphatic rings. The SMILES string of the molecule is C[N+](C)(C)CCOP(=O)([O-])OCCCOCc1ccccc1. The van der Waals surface area contributed by atoms with Crippen molar-refractivity contribution in [1.82, 2.24) is 0 Å². The van der Waals surface area contributed by atoms with E-state index in [1.165, 1.54) is 0 Å². The molecule has 0 aliphatic carbocycles. The Morgan fingerprint density at radius 1 is 1.05 bits per heavy atom. The van der Waals surface area contributed by atoms with Crippen LogP contribution >= 0.6 is 7.82 Å². The third-order valence-electron chi connectivity index (χ3n) is 2.81. The van der Waals surface area contributed by atoms with E-state index in [2.05, 4.69) is 0 Å². The molecular formula is C15H26NO5P. The van der Waals surface area contributed by atoms with Crippen molar-refractivity contribution in [2.24, 2.45) is 0 Å². The molecule has 0 spiro atoms. The fourth-order valence-corrected chi connectivity index (χ4v) is 2.30. The van der Waals surface area contributed by atoms with Gasteiger partial charge in [-0.1, -0.05) is 30.3 Å². The Kier molecular flexibility index (Phi) is 8.25. The number of rotatable bonds is 11. The topological polar surface area (TPSA) is 67.8 Å². The Morgan fingerprint density at radius 2 is 1.68 bits per heavy atom. The molecule has 0 bridgehead atoms. The summed E-state index contributed by atoms with van der Waals surface area (Å²) in [4.78, 5) is 11.5. The largest absolute Gasteiger partial charge is 0.756 e. The summed E-state index contributed by atoms with van der Waals surface area (Å²) in [6, 6.07) is 9.79. The zero-order chi connectivity index (χ0) is 16.5. The maximum absolute atomic E-state index is 11.5.